The highest BCUT2D eigenvalue weighted by Crippen LogP contribution is 2.36. The first-order chi connectivity index (χ1) is 16.9. The molecule has 35 heavy (non-hydrogen) atoms. The number of aromatic nitrogens is 4. The first-order valence-corrected chi connectivity index (χ1v) is 10.5. The van der Waals surface area contributed by atoms with Crippen LogP contribution in [0.5, 0.6) is 0 Å². The van der Waals surface area contributed by atoms with E-state index in [0.29, 0.717) is 28.1 Å². The summed E-state index contributed by atoms with van der Waals surface area (Å²) in [5, 5.41) is 0. The van der Waals surface area contributed by atoms with Crippen molar-refractivity contribution in [3.8, 4) is 11.1 Å². The van der Waals surface area contributed by atoms with Gasteiger partial charge in [0.2, 0.25) is 5.82 Å². The van der Waals surface area contributed by atoms with Crippen LogP contribution in [0.2, 0.25) is 0 Å². The third-order valence-electron chi connectivity index (χ3n) is 5.68. The monoisotopic (exact) mass is 476 g/mol. The van der Waals surface area contributed by atoms with E-state index in [9.17, 15) is 22.0 Å². The predicted molar refractivity (Wildman–Crippen MR) is 124 cm³/mol. The van der Waals surface area contributed by atoms with Crippen molar-refractivity contribution in [2.75, 3.05) is 0 Å². The largest absolute Gasteiger partial charge is 0.355 e. The zero-order valence-corrected chi connectivity index (χ0v) is 17.6. The molecular formula is C26H13F5N4. The highest BCUT2D eigenvalue weighted by molar-refractivity contribution is 5.91. The molecule has 0 atom stereocenters. The summed E-state index contributed by atoms with van der Waals surface area (Å²) in [5.74, 6) is -10.2. The highest BCUT2D eigenvalue weighted by Gasteiger charge is 2.29. The average molecular weight is 476 g/mol. The minimum Gasteiger partial charge on any atom is -0.355 e. The Balaban J connectivity index is 1.77. The first kappa shape index (κ1) is 21.0. The van der Waals surface area contributed by atoms with Gasteiger partial charge in [-0.25, -0.2) is 31.9 Å². The molecule has 0 unspecified atom stereocenters. The summed E-state index contributed by atoms with van der Waals surface area (Å²) in [5.41, 5.74) is 2.59. The van der Waals surface area contributed by atoms with Gasteiger partial charge in [0.15, 0.2) is 23.3 Å². The van der Waals surface area contributed by atoms with Crippen LogP contribution in [0.25, 0.3) is 57.5 Å². The van der Waals surface area contributed by atoms with Crippen molar-refractivity contribution in [1.82, 2.24) is 19.9 Å². The van der Waals surface area contributed by atoms with Crippen molar-refractivity contribution in [3.63, 3.8) is 0 Å². The van der Waals surface area contributed by atoms with Crippen molar-refractivity contribution in [2.24, 2.45) is 0 Å². The molecule has 0 fully saturated rings. The molecule has 9 heteroatoms. The van der Waals surface area contributed by atoms with E-state index in [-0.39, 0.29) is 16.8 Å². The molecule has 2 aliphatic rings. The van der Waals surface area contributed by atoms with Gasteiger partial charge >= 0.3 is 0 Å². The maximum absolute atomic E-state index is 14.9. The average Bonchev–Trinajstić information content (AvgIpc) is 3.64. The molecular weight excluding hydrogens is 463 g/mol. The zero-order chi connectivity index (χ0) is 24.3. The summed E-state index contributed by atoms with van der Waals surface area (Å²) < 4.78 is 71.8. The van der Waals surface area contributed by atoms with Gasteiger partial charge in [0.05, 0.1) is 28.3 Å². The van der Waals surface area contributed by atoms with Crippen LogP contribution < -0.4 is 0 Å². The number of rotatable bonds is 1. The Morgan fingerprint density at radius 2 is 0.971 bits per heavy atom. The third-order valence-corrected chi connectivity index (χ3v) is 5.68. The van der Waals surface area contributed by atoms with E-state index in [1.165, 1.54) is 12.1 Å². The summed E-state index contributed by atoms with van der Waals surface area (Å²) >= 11 is 0. The lowest BCUT2D eigenvalue weighted by Crippen LogP contribution is -2.05. The van der Waals surface area contributed by atoms with Gasteiger partial charge < -0.3 is 9.97 Å². The molecule has 0 radical (unpaired) electrons. The quantitative estimate of drug-likeness (QED) is 0.152. The lowest BCUT2D eigenvalue weighted by atomic mass is 10.0. The van der Waals surface area contributed by atoms with Crippen molar-refractivity contribution >= 4 is 46.4 Å². The smallest absolute Gasteiger partial charge is 0.200 e. The Morgan fingerprint density at radius 1 is 0.486 bits per heavy atom. The molecule has 0 saturated carbocycles. The second-order valence-electron chi connectivity index (χ2n) is 8.00. The molecule has 0 aliphatic carbocycles. The number of H-pyrrole nitrogens is 2. The standard InChI is InChI=1S/C26H13F5N4/c27-22-21(23(28)25(30)26(31)24(22)29)20-18-7-5-16(34-18)10-14-3-1-12(32-14)9-13-2-4-15(33-13)11-17-6-8-19(20)35-17/h1-11,32,35H. The zero-order valence-electron chi connectivity index (χ0n) is 17.6. The van der Waals surface area contributed by atoms with E-state index in [1.807, 2.05) is 24.3 Å². The molecule has 0 saturated heterocycles. The summed E-state index contributed by atoms with van der Waals surface area (Å²) in [6, 6.07) is 12.0. The fourth-order valence-electron chi connectivity index (χ4n) is 4.10. The number of nitrogens with zero attached hydrogens (tertiary/aromatic N) is 2. The van der Waals surface area contributed by atoms with E-state index in [2.05, 4.69) is 19.9 Å². The lowest BCUT2D eigenvalue weighted by molar-refractivity contribution is 0.381. The molecule has 2 N–H and O–H groups in total. The van der Waals surface area contributed by atoms with Crippen molar-refractivity contribution < 1.29 is 22.0 Å². The molecule has 4 nitrogen and oxygen atoms in total. The van der Waals surface area contributed by atoms with E-state index in [1.54, 1.807) is 30.4 Å². The molecule has 0 amide bonds. The molecule has 1 aromatic carbocycles. The minimum atomic E-state index is -2.22. The lowest BCUT2D eigenvalue weighted by Gasteiger charge is -2.09. The number of hydrogen-bond acceptors (Lipinski definition) is 2. The van der Waals surface area contributed by atoms with Gasteiger partial charge in [-0.1, -0.05) is 0 Å². The van der Waals surface area contributed by atoms with Gasteiger partial charge in [-0.15, -0.1) is 0 Å². The second-order valence-corrected chi connectivity index (χ2v) is 8.00. The van der Waals surface area contributed by atoms with Gasteiger partial charge in [0, 0.05) is 27.6 Å². The summed E-state index contributed by atoms with van der Waals surface area (Å²) in [7, 11) is 0. The number of hydrogen-bond donors (Lipinski definition) is 2. The van der Waals surface area contributed by atoms with Crippen LogP contribution in [0.15, 0.2) is 42.5 Å². The molecule has 0 spiro atoms. The van der Waals surface area contributed by atoms with Gasteiger partial charge in [-0.2, -0.15) is 0 Å². The van der Waals surface area contributed by atoms with Gasteiger partial charge in [0.1, 0.15) is 0 Å². The van der Waals surface area contributed by atoms with E-state index in [0.717, 1.165) is 5.52 Å². The summed E-state index contributed by atoms with van der Waals surface area (Å²) in [4.78, 5) is 15.1. The Morgan fingerprint density at radius 3 is 1.60 bits per heavy atom. The van der Waals surface area contributed by atoms with Crippen LogP contribution in [0.1, 0.15) is 22.8 Å². The van der Waals surface area contributed by atoms with E-state index < -0.39 is 34.6 Å². The van der Waals surface area contributed by atoms with Crippen molar-refractivity contribution in [2.45, 2.75) is 0 Å². The molecule has 4 aromatic rings. The Bertz CT molecular complexity index is 1730. The third kappa shape index (κ3) is 3.52. The Kier molecular flexibility index (Phi) is 4.67. The number of aromatic amines is 2. The molecule has 3 aromatic heterocycles. The van der Waals surface area contributed by atoms with E-state index >= 15 is 0 Å². The van der Waals surface area contributed by atoms with Crippen LogP contribution in [0.3, 0.4) is 0 Å². The summed E-state index contributed by atoms with van der Waals surface area (Å²) in [6.45, 7) is 0. The Labute approximate surface area is 194 Å². The van der Waals surface area contributed by atoms with Crippen LogP contribution in [-0.4, -0.2) is 19.9 Å². The van der Waals surface area contributed by atoms with Crippen molar-refractivity contribution in [1.29, 1.82) is 0 Å². The fourth-order valence-corrected chi connectivity index (χ4v) is 4.10. The topological polar surface area (TPSA) is 57.4 Å². The number of halogens is 5. The summed E-state index contributed by atoms with van der Waals surface area (Å²) in [6.07, 6.45) is 6.67. The van der Waals surface area contributed by atoms with Crippen LogP contribution in [-0.2, 0) is 0 Å². The Hall–Kier alpha value is -4.53. The van der Waals surface area contributed by atoms with Gasteiger partial charge in [-0.05, 0) is 66.8 Å². The van der Waals surface area contributed by atoms with Crippen LogP contribution in [0, 0.1) is 29.1 Å². The first-order valence-electron chi connectivity index (χ1n) is 10.5. The number of benzene rings is 1. The maximum atomic E-state index is 14.9. The highest BCUT2D eigenvalue weighted by atomic mass is 19.2. The van der Waals surface area contributed by atoms with Crippen LogP contribution in [0.4, 0.5) is 22.0 Å². The molecule has 172 valence electrons. The van der Waals surface area contributed by atoms with E-state index in [4.69, 9.17) is 0 Å². The van der Waals surface area contributed by atoms with Crippen molar-refractivity contribution in [3.05, 3.63) is 94.3 Å². The van der Waals surface area contributed by atoms with Gasteiger partial charge in [-0.3, -0.25) is 0 Å². The van der Waals surface area contributed by atoms with Crippen LogP contribution >= 0.6 is 0 Å². The molecule has 8 bridgehead atoms. The number of nitrogens with one attached hydrogen (secondary N) is 2. The molecule has 2 aliphatic heterocycles. The maximum Gasteiger partial charge on any atom is 0.200 e. The predicted octanol–water partition coefficient (Wildman–Crippen LogP) is 7.02. The normalized spacial score (nSPS) is 12.5. The van der Waals surface area contributed by atoms with Gasteiger partial charge in [0.25, 0.3) is 0 Å². The minimum absolute atomic E-state index is 0.0343. The second kappa shape index (κ2) is 7.76. The SMILES string of the molecule is Fc1c(F)c(F)c(-c2c3nc(cc4ccc(cc5nc(cc6ccc2[nH]6)C=C5)[nH]4)C=C3)c(F)c1F. The number of fused-ring (bicyclic) bond motifs is 8. The molecule has 5 heterocycles. The molecule has 6 rings (SSSR count). The fraction of sp³-hybridized carbons (Fsp3) is 0.